The zero-order chi connectivity index (χ0) is 18.4. The Labute approximate surface area is 156 Å². The average molecular weight is 351 g/mol. The Bertz CT molecular complexity index is 718. The second-order valence-electron chi connectivity index (χ2n) is 7.21. The molecule has 138 valence electrons. The molecule has 1 fully saturated rings. The maximum atomic E-state index is 12.2. The number of hydrogen-bond acceptors (Lipinski definition) is 3. The molecule has 0 aromatic heterocycles. The van der Waals surface area contributed by atoms with Crippen molar-refractivity contribution < 1.29 is 4.79 Å². The van der Waals surface area contributed by atoms with Crippen LogP contribution in [0.25, 0.3) is 0 Å². The number of rotatable bonds is 7. The van der Waals surface area contributed by atoms with Gasteiger partial charge in [-0.3, -0.25) is 4.79 Å². The predicted octanol–water partition coefficient (Wildman–Crippen LogP) is 4.85. The van der Waals surface area contributed by atoms with Crippen LogP contribution in [-0.2, 0) is 4.79 Å². The summed E-state index contributed by atoms with van der Waals surface area (Å²) in [4.78, 5) is 14.6. The Morgan fingerprint density at radius 1 is 1.04 bits per heavy atom. The van der Waals surface area contributed by atoms with Gasteiger partial charge in [0.25, 0.3) is 0 Å². The molecule has 0 spiro atoms. The van der Waals surface area contributed by atoms with Gasteiger partial charge in [-0.05, 0) is 54.7 Å². The van der Waals surface area contributed by atoms with Gasteiger partial charge in [0.05, 0.1) is 0 Å². The number of amides is 1. The van der Waals surface area contributed by atoms with Crippen LogP contribution in [0.1, 0.15) is 44.6 Å². The molecule has 2 aromatic carbocycles. The number of nitrogens with one attached hydrogen (secondary N) is 2. The fourth-order valence-electron chi connectivity index (χ4n) is 3.43. The number of hydrogen-bond donors (Lipinski definition) is 2. The van der Waals surface area contributed by atoms with Gasteiger partial charge in [0.1, 0.15) is 0 Å². The van der Waals surface area contributed by atoms with Gasteiger partial charge < -0.3 is 15.5 Å². The first kappa shape index (κ1) is 18.3. The first-order valence-corrected chi connectivity index (χ1v) is 9.61. The Hall–Kier alpha value is -2.49. The number of carbonyl (C=O) groups excluding carboxylic acids is 1. The largest absolute Gasteiger partial charge is 0.384 e. The van der Waals surface area contributed by atoms with Crippen molar-refractivity contribution in [3.63, 3.8) is 0 Å². The molecule has 0 unspecified atom stereocenters. The van der Waals surface area contributed by atoms with Crippen molar-refractivity contribution in [1.82, 2.24) is 0 Å². The molecule has 3 rings (SSSR count). The molecule has 0 bridgehead atoms. The van der Waals surface area contributed by atoms with Crippen LogP contribution in [0.5, 0.6) is 0 Å². The summed E-state index contributed by atoms with van der Waals surface area (Å²) in [6.45, 7) is 7.25. The Kier molecular flexibility index (Phi) is 6.16. The highest BCUT2D eigenvalue weighted by Gasteiger charge is 2.12. The maximum Gasteiger partial charge on any atom is 0.226 e. The van der Waals surface area contributed by atoms with Crippen LogP contribution in [0.4, 0.5) is 17.1 Å². The number of anilines is 3. The molecule has 0 aliphatic carbocycles. The van der Waals surface area contributed by atoms with Gasteiger partial charge in [0.15, 0.2) is 0 Å². The van der Waals surface area contributed by atoms with E-state index >= 15 is 0 Å². The van der Waals surface area contributed by atoms with Crippen molar-refractivity contribution in [1.29, 1.82) is 0 Å². The summed E-state index contributed by atoms with van der Waals surface area (Å²) >= 11 is 0. The van der Waals surface area contributed by atoms with Gasteiger partial charge in [0.2, 0.25) is 5.91 Å². The van der Waals surface area contributed by atoms with Crippen LogP contribution in [0.15, 0.2) is 48.5 Å². The Morgan fingerprint density at radius 2 is 1.73 bits per heavy atom. The topological polar surface area (TPSA) is 44.4 Å². The van der Waals surface area contributed by atoms with E-state index < -0.39 is 0 Å². The summed E-state index contributed by atoms with van der Waals surface area (Å²) in [5.41, 5.74) is 4.50. The lowest BCUT2D eigenvalue weighted by Crippen LogP contribution is -2.18. The quantitative estimate of drug-likeness (QED) is 0.749. The van der Waals surface area contributed by atoms with E-state index in [0.717, 1.165) is 24.5 Å². The molecule has 2 aromatic rings. The fraction of sp³-hybridized carbons (Fsp3) is 0.409. The van der Waals surface area contributed by atoms with Crippen molar-refractivity contribution in [2.75, 3.05) is 35.2 Å². The van der Waals surface area contributed by atoms with Crippen molar-refractivity contribution >= 4 is 23.0 Å². The van der Waals surface area contributed by atoms with Gasteiger partial charge in [-0.1, -0.05) is 32.0 Å². The van der Waals surface area contributed by atoms with Crippen molar-refractivity contribution in [2.24, 2.45) is 0 Å². The molecule has 0 atom stereocenters. The minimum absolute atomic E-state index is 0.0356. The summed E-state index contributed by atoms with van der Waals surface area (Å²) in [5, 5.41) is 6.38. The lowest BCUT2D eigenvalue weighted by atomic mass is 10.0. The van der Waals surface area contributed by atoms with E-state index in [1.54, 1.807) is 0 Å². The van der Waals surface area contributed by atoms with E-state index in [4.69, 9.17) is 0 Å². The highest BCUT2D eigenvalue weighted by molar-refractivity contribution is 5.91. The van der Waals surface area contributed by atoms with E-state index in [2.05, 4.69) is 59.7 Å². The second-order valence-corrected chi connectivity index (χ2v) is 7.21. The van der Waals surface area contributed by atoms with Gasteiger partial charge in [0, 0.05) is 43.1 Å². The average Bonchev–Trinajstić information content (AvgIpc) is 3.17. The van der Waals surface area contributed by atoms with E-state index in [0.29, 0.717) is 18.9 Å². The van der Waals surface area contributed by atoms with Crippen LogP contribution >= 0.6 is 0 Å². The zero-order valence-electron chi connectivity index (χ0n) is 15.8. The predicted molar refractivity (Wildman–Crippen MR) is 110 cm³/mol. The van der Waals surface area contributed by atoms with Crippen LogP contribution in [0.2, 0.25) is 0 Å². The molecule has 2 N–H and O–H groups in total. The van der Waals surface area contributed by atoms with Gasteiger partial charge in [-0.15, -0.1) is 0 Å². The molecule has 4 heteroatoms. The van der Waals surface area contributed by atoms with E-state index in [1.807, 2.05) is 18.2 Å². The van der Waals surface area contributed by atoms with Crippen LogP contribution < -0.4 is 15.5 Å². The monoisotopic (exact) mass is 351 g/mol. The smallest absolute Gasteiger partial charge is 0.226 e. The molecule has 26 heavy (non-hydrogen) atoms. The van der Waals surface area contributed by atoms with Crippen LogP contribution in [0, 0.1) is 0 Å². The molecule has 0 saturated carbocycles. The molecule has 1 amide bonds. The highest BCUT2D eigenvalue weighted by Crippen LogP contribution is 2.24. The SMILES string of the molecule is CC(C)c1ccccc1NCCC(=O)Nc1ccc(N2CCCC2)cc1. The van der Waals surface area contributed by atoms with E-state index in [-0.39, 0.29) is 5.91 Å². The minimum atomic E-state index is 0.0356. The van der Waals surface area contributed by atoms with Crippen LogP contribution in [-0.4, -0.2) is 25.5 Å². The van der Waals surface area contributed by atoms with Crippen molar-refractivity contribution in [3.8, 4) is 0 Å². The third-order valence-corrected chi connectivity index (χ3v) is 4.87. The van der Waals surface area contributed by atoms with Gasteiger partial charge >= 0.3 is 0 Å². The number of para-hydroxylation sites is 1. The van der Waals surface area contributed by atoms with Gasteiger partial charge in [-0.2, -0.15) is 0 Å². The van der Waals surface area contributed by atoms with Crippen molar-refractivity contribution in [3.05, 3.63) is 54.1 Å². The lowest BCUT2D eigenvalue weighted by molar-refractivity contribution is -0.115. The third-order valence-electron chi connectivity index (χ3n) is 4.87. The number of nitrogens with zero attached hydrogens (tertiary/aromatic N) is 1. The summed E-state index contributed by atoms with van der Waals surface area (Å²) in [7, 11) is 0. The summed E-state index contributed by atoms with van der Waals surface area (Å²) < 4.78 is 0. The molecule has 1 heterocycles. The number of carbonyl (C=O) groups is 1. The summed E-state index contributed by atoms with van der Waals surface area (Å²) in [6.07, 6.45) is 2.98. The van der Waals surface area contributed by atoms with E-state index in [1.165, 1.54) is 24.1 Å². The normalized spacial score (nSPS) is 13.9. The van der Waals surface area contributed by atoms with E-state index in [9.17, 15) is 4.79 Å². The Balaban J connectivity index is 1.47. The zero-order valence-corrected chi connectivity index (χ0v) is 15.8. The second kappa shape index (κ2) is 8.75. The maximum absolute atomic E-state index is 12.2. The molecular weight excluding hydrogens is 322 g/mol. The summed E-state index contributed by atoms with van der Waals surface area (Å²) in [5.74, 6) is 0.495. The molecule has 0 radical (unpaired) electrons. The molecular formula is C22H29N3O. The first-order chi connectivity index (χ1) is 12.6. The minimum Gasteiger partial charge on any atom is -0.384 e. The molecule has 1 aliphatic rings. The van der Waals surface area contributed by atoms with Crippen molar-refractivity contribution in [2.45, 2.75) is 39.0 Å². The molecule has 1 aliphatic heterocycles. The lowest BCUT2D eigenvalue weighted by Gasteiger charge is -2.18. The first-order valence-electron chi connectivity index (χ1n) is 9.61. The fourth-order valence-corrected chi connectivity index (χ4v) is 3.43. The Morgan fingerprint density at radius 3 is 2.42 bits per heavy atom. The molecule has 1 saturated heterocycles. The highest BCUT2D eigenvalue weighted by atomic mass is 16.1. The standard InChI is InChI=1S/C22H29N3O/c1-17(2)20-7-3-4-8-21(20)23-14-13-22(26)24-18-9-11-19(12-10-18)25-15-5-6-16-25/h3-4,7-12,17,23H,5-6,13-16H2,1-2H3,(H,24,26). The van der Waals surface area contributed by atoms with Gasteiger partial charge in [-0.25, -0.2) is 0 Å². The summed E-state index contributed by atoms with van der Waals surface area (Å²) in [6, 6.07) is 16.5. The van der Waals surface area contributed by atoms with Crippen LogP contribution in [0.3, 0.4) is 0 Å². The molecule has 4 nitrogen and oxygen atoms in total. The third kappa shape index (κ3) is 4.78. The number of benzene rings is 2.